The molecule has 0 saturated carbocycles. The molecule has 1 N–H and O–H groups in total. The Morgan fingerprint density at radius 3 is 2.43 bits per heavy atom. The number of aromatic hydroxyl groups is 1. The van der Waals surface area contributed by atoms with Gasteiger partial charge < -0.3 is 14.9 Å². The Balaban J connectivity index is 1.39. The first-order valence-electron chi connectivity index (χ1n) is 9.93. The van der Waals surface area contributed by atoms with Gasteiger partial charge in [0.25, 0.3) is 0 Å². The maximum Gasteiger partial charge on any atom is 0.241 e. The number of piperazine rings is 1. The van der Waals surface area contributed by atoms with E-state index in [0.29, 0.717) is 17.5 Å². The van der Waals surface area contributed by atoms with Gasteiger partial charge in [0.1, 0.15) is 5.75 Å². The number of anilines is 2. The Kier molecular flexibility index (Phi) is 5.78. The minimum absolute atomic E-state index is 0.179. The first-order chi connectivity index (χ1) is 13.6. The smallest absolute Gasteiger partial charge is 0.241 e. The summed E-state index contributed by atoms with van der Waals surface area (Å²) in [7, 11) is 0. The summed E-state index contributed by atoms with van der Waals surface area (Å²) in [6.45, 7) is 6.72. The fraction of sp³-hybridized carbons (Fsp3) is 0.409. The van der Waals surface area contributed by atoms with Gasteiger partial charge in [-0.1, -0.05) is 31.2 Å². The molecule has 0 spiro atoms. The number of fused-ring (bicyclic) bond motifs is 1. The van der Waals surface area contributed by atoms with E-state index in [1.165, 1.54) is 4.90 Å². The Morgan fingerprint density at radius 2 is 1.68 bits per heavy atom. The number of carbonyl (C=O) groups is 1. The maximum absolute atomic E-state index is 13.1. The molecule has 5 nitrogen and oxygen atoms in total. The van der Waals surface area contributed by atoms with Crippen LogP contribution < -0.4 is 9.80 Å². The van der Waals surface area contributed by atoms with E-state index in [1.807, 2.05) is 47.0 Å². The van der Waals surface area contributed by atoms with Crippen LogP contribution in [0.5, 0.6) is 5.75 Å². The summed E-state index contributed by atoms with van der Waals surface area (Å²) in [6, 6.07) is 15.7. The molecule has 6 heteroatoms. The van der Waals surface area contributed by atoms with E-state index in [9.17, 15) is 9.90 Å². The van der Waals surface area contributed by atoms with Crippen molar-refractivity contribution in [3.63, 3.8) is 0 Å². The van der Waals surface area contributed by atoms with Gasteiger partial charge in [0, 0.05) is 42.9 Å². The molecule has 4 rings (SSSR count). The highest BCUT2D eigenvalue weighted by Crippen LogP contribution is 2.37. The van der Waals surface area contributed by atoms with E-state index in [-0.39, 0.29) is 5.91 Å². The van der Waals surface area contributed by atoms with Gasteiger partial charge in [-0.25, -0.2) is 0 Å². The van der Waals surface area contributed by atoms with Crippen LogP contribution in [0.15, 0.2) is 53.4 Å². The summed E-state index contributed by atoms with van der Waals surface area (Å²) >= 11 is 1.86. The summed E-state index contributed by atoms with van der Waals surface area (Å²) in [5.74, 6) is 0.498. The van der Waals surface area contributed by atoms with Gasteiger partial charge in [-0.15, -0.1) is 11.8 Å². The lowest BCUT2D eigenvalue weighted by atomic mass is 10.2. The Morgan fingerprint density at radius 1 is 1.00 bits per heavy atom. The van der Waals surface area contributed by atoms with Gasteiger partial charge in [0.05, 0.1) is 17.9 Å². The molecule has 1 fully saturated rings. The van der Waals surface area contributed by atoms with E-state index in [4.69, 9.17) is 0 Å². The van der Waals surface area contributed by atoms with Crippen molar-refractivity contribution in [1.82, 2.24) is 4.90 Å². The largest absolute Gasteiger partial charge is 0.506 e. The van der Waals surface area contributed by atoms with Crippen molar-refractivity contribution < 1.29 is 9.90 Å². The van der Waals surface area contributed by atoms with Crippen molar-refractivity contribution in [3.8, 4) is 5.75 Å². The van der Waals surface area contributed by atoms with E-state index in [2.05, 4.69) is 28.9 Å². The molecule has 0 bridgehead atoms. The second-order valence-electron chi connectivity index (χ2n) is 7.48. The number of nitrogens with zero attached hydrogens (tertiary/aromatic N) is 3. The molecule has 2 aliphatic rings. The summed E-state index contributed by atoms with van der Waals surface area (Å²) in [5, 5.41) is 10.6. The highest BCUT2D eigenvalue weighted by atomic mass is 32.2. The standard InChI is InChI=1S/C22H27N3O2S/c1-17-10-11-25(19-7-3-5-9-21(19)28-17)22(27)16-23-12-14-24(15-13-23)18-6-2-4-8-20(18)26/h2-9,17,26H,10-16H2,1H3. The lowest BCUT2D eigenvalue weighted by Gasteiger charge is -2.36. The van der Waals surface area contributed by atoms with Gasteiger partial charge in [-0.2, -0.15) is 0 Å². The molecule has 1 amide bonds. The van der Waals surface area contributed by atoms with Crippen LogP contribution >= 0.6 is 11.8 Å². The number of amides is 1. The van der Waals surface area contributed by atoms with Crippen molar-refractivity contribution in [2.24, 2.45) is 0 Å². The number of carbonyl (C=O) groups excluding carboxylic acids is 1. The molecule has 2 aromatic rings. The van der Waals surface area contributed by atoms with Crippen LogP contribution in [0.2, 0.25) is 0 Å². The topological polar surface area (TPSA) is 47.0 Å². The van der Waals surface area contributed by atoms with Crippen molar-refractivity contribution >= 4 is 29.0 Å². The third kappa shape index (κ3) is 4.13. The highest BCUT2D eigenvalue weighted by Gasteiger charge is 2.27. The van der Waals surface area contributed by atoms with Crippen molar-refractivity contribution in [1.29, 1.82) is 0 Å². The molecule has 2 aromatic carbocycles. The van der Waals surface area contributed by atoms with Crippen LogP contribution in [-0.2, 0) is 4.79 Å². The lowest BCUT2D eigenvalue weighted by molar-refractivity contribution is -0.119. The number of hydrogen-bond acceptors (Lipinski definition) is 5. The predicted octanol–water partition coefficient (Wildman–Crippen LogP) is 3.43. The fourth-order valence-electron chi connectivity index (χ4n) is 3.90. The van der Waals surface area contributed by atoms with Crippen LogP contribution in [0.25, 0.3) is 0 Å². The summed E-state index contributed by atoms with van der Waals surface area (Å²) in [5.41, 5.74) is 1.93. The van der Waals surface area contributed by atoms with Crippen molar-refractivity contribution in [3.05, 3.63) is 48.5 Å². The van der Waals surface area contributed by atoms with Crippen molar-refractivity contribution in [2.75, 3.05) is 49.1 Å². The third-order valence-corrected chi connectivity index (χ3v) is 6.74. The molecule has 1 unspecified atom stereocenters. The molecule has 2 heterocycles. The number of para-hydroxylation sites is 3. The van der Waals surface area contributed by atoms with Crippen LogP contribution in [0, 0.1) is 0 Å². The SMILES string of the molecule is CC1CCN(C(=O)CN2CCN(c3ccccc3O)CC2)c2ccccc2S1. The van der Waals surface area contributed by atoms with Gasteiger partial charge >= 0.3 is 0 Å². The number of phenolic OH excluding ortho intramolecular Hbond substituents is 1. The van der Waals surface area contributed by atoms with Gasteiger partial charge in [-0.05, 0) is 30.7 Å². The van der Waals surface area contributed by atoms with Crippen LogP contribution in [0.4, 0.5) is 11.4 Å². The van der Waals surface area contributed by atoms with Gasteiger partial charge in [-0.3, -0.25) is 9.69 Å². The molecule has 2 aliphatic heterocycles. The number of phenols is 1. The van der Waals surface area contributed by atoms with Gasteiger partial charge in [0.15, 0.2) is 0 Å². The minimum atomic E-state index is 0.179. The Bertz CT molecular complexity index is 836. The average Bonchev–Trinajstić information content (AvgIpc) is 2.87. The zero-order valence-electron chi connectivity index (χ0n) is 16.3. The maximum atomic E-state index is 13.1. The number of benzene rings is 2. The van der Waals surface area contributed by atoms with E-state index in [1.54, 1.807) is 6.07 Å². The fourth-order valence-corrected chi connectivity index (χ4v) is 5.01. The Hall–Kier alpha value is -2.18. The first-order valence-corrected chi connectivity index (χ1v) is 10.8. The molecule has 0 radical (unpaired) electrons. The number of rotatable bonds is 3. The Labute approximate surface area is 170 Å². The monoisotopic (exact) mass is 397 g/mol. The molecule has 1 atom stereocenters. The highest BCUT2D eigenvalue weighted by molar-refractivity contribution is 8.00. The average molecular weight is 398 g/mol. The van der Waals surface area contributed by atoms with Crippen LogP contribution in [-0.4, -0.2) is 60.4 Å². The quantitative estimate of drug-likeness (QED) is 0.860. The summed E-state index contributed by atoms with van der Waals surface area (Å²) in [6.07, 6.45) is 1.01. The third-order valence-electron chi connectivity index (χ3n) is 5.50. The van der Waals surface area contributed by atoms with E-state index < -0.39 is 0 Å². The molecular formula is C22H27N3O2S. The molecule has 0 aromatic heterocycles. The molecular weight excluding hydrogens is 370 g/mol. The second kappa shape index (κ2) is 8.45. The van der Waals surface area contributed by atoms with Gasteiger partial charge in [0.2, 0.25) is 5.91 Å². The lowest BCUT2D eigenvalue weighted by Crippen LogP contribution is -2.50. The number of hydrogen-bond donors (Lipinski definition) is 1. The molecule has 28 heavy (non-hydrogen) atoms. The van der Waals surface area contributed by atoms with E-state index >= 15 is 0 Å². The normalized spacial score (nSPS) is 20.5. The predicted molar refractivity (Wildman–Crippen MR) is 115 cm³/mol. The van der Waals surface area contributed by atoms with E-state index in [0.717, 1.165) is 50.5 Å². The zero-order valence-corrected chi connectivity index (χ0v) is 17.1. The molecule has 148 valence electrons. The summed E-state index contributed by atoms with van der Waals surface area (Å²) < 4.78 is 0. The zero-order chi connectivity index (χ0) is 19.5. The summed E-state index contributed by atoms with van der Waals surface area (Å²) in [4.78, 5) is 20.7. The number of thioether (sulfide) groups is 1. The minimum Gasteiger partial charge on any atom is -0.506 e. The molecule has 1 saturated heterocycles. The molecule has 0 aliphatic carbocycles. The van der Waals surface area contributed by atoms with Crippen LogP contribution in [0.1, 0.15) is 13.3 Å². The van der Waals surface area contributed by atoms with Crippen LogP contribution in [0.3, 0.4) is 0 Å². The second-order valence-corrected chi connectivity index (χ2v) is 8.96. The first kappa shape index (κ1) is 19.2. The van der Waals surface area contributed by atoms with Crippen molar-refractivity contribution in [2.45, 2.75) is 23.5 Å².